The van der Waals surface area contributed by atoms with Gasteiger partial charge in [-0.05, 0) is 47.8 Å². The van der Waals surface area contributed by atoms with Crippen molar-refractivity contribution in [2.45, 2.75) is 25.4 Å². The van der Waals surface area contributed by atoms with Crippen LogP contribution in [0.15, 0.2) is 41.9 Å². The lowest BCUT2D eigenvalue weighted by Gasteiger charge is -2.23. The number of thiophene rings is 1. The minimum atomic E-state index is -0.0298. The third-order valence-corrected chi connectivity index (χ3v) is 5.80. The van der Waals surface area contributed by atoms with Gasteiger partial charge < -0.3 is 10.2 Å². The van der Waals surface area contributed by atoms with Gasteiger partial charge in [0, 0.05) is 31.0 Å². The predicted octanol–water partition coefficient (Wildman–Crippen LogP) is 3.72. The van der Waals surface area contributed by atoms with E-state index < -0.39 is 0 Å². The van der Waals surface area contributed by atoms with E-state index in [1.54, 1.807) is 16.2 Å². The molecule has 7 heteroatoms. The lowest BCUT2D eigenvalue weighted by molar-refractivity contribution is 0.0778. The lowest BCUT2D eigenvalue weighted by Crippen LogP contribution is -2.32. The second-order valence-electron chi connectivity index (χ2n) is 6.60. The van der Waals surface area contributed by atoms with Crippen molar-refractivity contribution < 1.29 is 4.79 Å². The minimum absolute atomic E-state index is 0. The highest BCUT2D eigenvalue weighted by molar-refractivity contribution is 7.17. The van der Waals surface area contributed by atoms with Crippen molar-refractivity contribution in [3.8, 4) is 0 Å². The molecule has 1 aliphatic rings. The number of aromatic nitrogens is 2. The molecule has 2 aromatic heterocycles. The number of fused-ring (bicyclic) bond motifs is 1. The summed E-state index contributed by atoms with van der Waals surface area (Å²) < 4.78 is 3.19. The maximum Gasteiger partial charge on any atom is 0.274 e. The highest BCUT2D eigenvalue weighted by atomic mass is 35.5. The number of hydrogen-bond donors (Lipinski definition) is 1. The average molecular weight is 391 g/mol. The monoisotopic (exact) mass is 390 g/mol. The first-order valence-electron chi connectivity index (χ1n) is 8.69. The van der Waals surface area contributed by atoms with Crippen molar-refractivity contribution in [1.29, 1.82) is 0 Å². The highest BCUT2D eigenvalue weighted by Crippen LogP contribution is 2.26. The van der Waals surface area contributed by atoms with E-state index in [1.165, 1.54) is 15.6 Å². The van der Waals surface area contributed by atoms with E-state index in [9.17, 15) is 4.79 Å². The maximum atomic E-state index is 12.7. The molecule has 0 aliphatic carbocycles. The average Bonchev–Trinajstić information content (AvgIpc) is 3.30. The Morgan fingerprint density at radius 1 is 1.38 bits per heavy atom. The lowest BCUT2D eigenvalue weighted by atomic mass is 10.1. The number of amides is 1. The maximum absolute atomic E-state index is 12.7. The van der Waals surface area contributed by atoms with E-state index >= 15 is 0 Å². The third kappa shape index (κ3) is 3.77. The molecule has 3 aromatic rings. The van der Waals surface area contributed by atoms with E-state index in [0.717, 1.165) is 25.9 Å². The molecule has 1 atom stereocenters. The predicted molar refractivity (Wildman–Crippen MR) is 108 cm³/mol. The van der Waals surface area contributed by atoms with E-state index in [1.807, 2.05) is 36.1 Å². The van der Waals surface area contributed by atoms with E-state index in [-0.39, 0.29) is 18.3 Å². The second-order valence-corrected chi connectivity index (χ2v) is 7.51. The normalized spacial score (nSPS) is 17.0. The molecular weight excluding hydrogens is 368 g/mol. The van der Waals surface area contributed by atoms with Gasteiger partial charge in [0.15, 0.2) is 0 Å². The number of halogens is 1. The van der Waals surface area contributed by atoms with E-state index in [2.05, 4.69) is 27.9 Å². The molecule has 1 saturated heterocycles. The first kappa shape index (κ1) is 18.9. The Hall–Kier alpha value is -1.89. The molecule has 1 aliphatic heterocycles. The molecule has 0 radical (unpaired) electrons. The van der Waals surface area contributed by atoms with Crippen LogP contribution in [-0.4, -0.2) is 40.7 Å². The minimum Gasteiger partial charge on any atom is -0.336 e. The van der Waals surface area contributed by atoms with Gasteiger partial charge in [0.25, 0.3) is 5.91 Å². The summed E-state index contributed by atoms with van der Waals surface area (Å²) >= 11 is 1.72. The summed E-state index contributed by atoms with van der Waals surface area (Å²) in [6, 6.07) is 10.5. The molecule has 26 heavy (non-hydrogen) atoms. The number of benzene rings is 1. The van der Waals surface area contributed by atoms with Crippen molar-refractivity contribution in [3.05, 3.63) is 53.2 Å². The Labute approximate surface area is 163 Å². The first-order chi connectivity index (χ1) is 12.2. The van der Waals surface area contributed by atoms with Crippen LogP contribution in [0.4, 0.5) is 0 Å². The molecule has 1 fully saturated rings. The van der Waals surface area contributed by atoms with Gasteiger partial charge >= 0.3 is 0 Å². The number of hydrogen-bond acceptors (Lipinski definition) is 4. The van der Waals surface area contributed by atoms with Crippen LogP contribution in [0.1, 0.15) is 34.9 Å². The molecule has 0 saturated carbocycles. The molecular formula is C19H23ClN4OS. The summed E-state index contributed by atoms with van der Waals surface area (Å²) in [7, 11) is 1.84. The molecule has 138 valence electrons. The van der Waals surface area contributed by atoms with Gasteiger partial charge in [-0.15, -0.1) is 23.7 Å². The van der Waals surface area contributed by atoms with Gasteiger partial charge in [-0.3, -0.25) is 9.48 Å². The van der Waals surface area contributed by atoms with Crippen LogP contribution in [0, 0.1) is 0 Å². The number of rotatable bonds is 4. The van der Waals surface area contributed by atoms with Crippen LogP contribution < -0.4 is 5.32 Å². The smallest absolute Gasteiger partial charge is 0.274 e. The number of carbonyl (C=O) groups is 1. The zero-order valence-corrected chi connectivity index (χ0v) is 16.4. The second kappa shape index (κ2) is 8.20. The highest BCUT2D eigenvalue weighted by Gasteiger charge is 2.20. The number of carbonyl (C=O) groups excluding carboxylic acids is 1. The summed E-state index contributed by atoms with van der Waals surface area (Å²) in [6.07, 6.45) is 4.19. The Balaban J connectivity index is 0.00000196. The van der Waals surface area contributed by atoms with Gasteiger partial charge in [0.1, 0.15) is 5.69 Å². The standard InChI is InChI=1S/C19H22N4OS.ClH/c1-22(12-14-13-25-18-7-3-2-6-16(14)18)19(24)17-8-10-23(21-17)15-5-4-9-20-11-15;/h2-3,6-8,10,13,15,20H,4-5,9,11-12H2,1H3;1H. The van der Waals surface area contributed by atoms with Crippen molar-refractivity contribution in [3.63, 3.8) is 0 Å². The van der Waals surface area contributed by atoms with Crippen LogP contribution in [0.5, 0.6) is 0 Å². The zero-order chi connectivity index (χ0) is 17.2. The Morgan fingerprint density at radius 2 is 2.23 bits per heavy atom. The Kier molecular flexibility index (Phi) is 5.96. The van der Waals surface area contributed by atoms with E-state index in [0.29, 0.717) is 18.3 Å². The molecule has 1 amide bonds. The fraction of sp³-hybridized carbons (Fsp3) is 0.368. The van der Waals surface area contributed by atoms with Crippen LogP contribution >= 0.6 is 23.7 Å². The quantitative estimate of drug-likeness (QED) is 0.738. The summed E-state index contributed by atoms with van der Waals surface area (Å²) in [4.78, 5) is 14.5. The number of piperidine rings is 1. The van der Waals surface area contributed by atoms with Crippen molar-refractivity contribution in [2.24, 2.45) is 0 Å². The van der Waals surface area contributed by atoms with Gasteiger partial charge in [0.05, 0.1) is 6.04 Å². The molecule has 1 aromatic carbocycles. The zero-order valence-electron chi connectivity index (χ0n) is 14.7. The van der Waals surface area contributed by atoms with Gasteiger partial charge in [-0.1, -0.05) is 18.2 Å². The first-order valence-corrected chi connectivity index (χ1v) is 9.57. The van der Waals surface area contributed by atoms with E-state index in [4.69, 9.17) is 0 Å². The van der Waals surface area contributed by atoms with Crippen LogP contribution in [-0.2, 0) is 6.54 Å². The SMILES string of the molecule is CN(Cc1csc2ccccc12)C(=O)c1ccn(C2CCCNC2)n1.Cl. The third-order valence-electron chi connectivity index (χ3n) is 4.79. The number of nitrogens with zero attached hydrogens (tertiary/aromatic N) is 3. The van der Waals surface area contributed by atoms with Crippen molar-refractivity contribution in [2.75, 3.05) is 20.1 Å². The van der Waals surface area contributed by atoms with Crippen LogP contribution in [0.25, 0.3) is 10.1 Å². The summed E-state index contributed by atoms with van der Waals surface area (Å²) in [5, 5.41) is 11.3. The van der Waals surface area contributed by atoms with Gasteiger partial charge in [0.2, 0.25) is 0 Å². The molecule has 0 bridgehead atoms. The molecule has 4 rings (SSSR count). The topological polar surface area (TPSA) is 50.2 Å². The van der Waals surface area contributed by atoms with Crippen molar-refractivity contribution in [1.82, 2.24) is 20.0 Å². The summed E-state index contributed by atoms with van der Waals surface area (Å²) in [5.74, 6) is -0.0298. The molecule has 5 nitrogen and oxygen atoms in total. The summed E-state index contributed by atoms with van der Waals surface area (Å²) in [6.45, 7) is 2.59. The fourth-order valence-corrected chi connectivity index (χ4v) is 4.35. The van der Waals surface area contributed by atoms with Gasteiger partial charge in [-0.2, -0.15) is 5.10 Å². The largest absolute Gasteiger partial charge is 0.336 e. The van der Waals surface area contributed by atoms with Gasteiger partial charge in [-0.25, -0.2) is 0 Å². The Morgan fingerprint density at radius 3 is 3.04 bits per heavy atom. The molecule has 1 unspecified atom stereocenters. The Bertz CT molecular complexity index is 884. The molecule has 1 N–H and O–H groups in total. The number of nitrogens with one attached hydrogen (secondary N) is 1. The van der Waals surface area contributed by atoms with Crippen LogP contribution in [0.3, 0.4) is 0 Å². The van der Waals surface area contributed by atoms with Crippen molar-refractivity contribution >= 4 is 39.7 Å². The molecule has 0 spiro atoms. The summed E-state index contributed by atoms with van der Waals surface area (Å²) in [5.41, 5.74) is 1.71. The fourth-order valence-electron chi connectivity index (χ4n) is 3.39. The van der Waals surface area contributed by atoms with Crippen LogP contribution in [0.2, 0.25) is 0 Å². The molecule has 3 heterocycles.